The van der Waals surface area contributed by atoms with Crippen molar-refractivity contribution in [2.24, 2.45) is 0 Å². The third-order valence-corrected chi connectivity index (χ3v) is 3.73. The quantitative estimate of drug-likeness (QED) is 0.444. The number of ether oxygens (including phenoxy) is 2. The van der Waals surface area contributed by atoms with Gasteiger partial charge in [0, 0.05) is 12.1 Å². The predicted molar refractivity (Wildman–Crippen MR) is 98.4 cm³/mol. The Hall–Kier alpha value is -3.48. The van der Waals surface area contributed by atoms with E-state index in [1.807, 2.05) is 30.3 Å². The van der Waals surface area contributed by atoms with Crippen LogP contribution in [0.4, 0.5) is 4.39 Å². The Bertz CT molecular complexity index is 879. The van der Waals surface area contributed by atoms with Crippen LogP contribution in [-0.2, 0) is 25.6 Å². The van der Waals surface area contributed by atoms with Crippen molar-refractivity contribution in [1.82, 2.24) is 5.32 Å². The smallest absolute Gasteiger partial charge is 0.356 e. The van der Waals surface area contributed by atoms with Crippen molar-refractivity contribution in [3.63, 3.8) is 0 Å². The molecule has 0 unspecified atom stereocenters. The second-order valence-corrected chi connectivity index (χ2v) is 5.43. The van der Waals surface area contributed by atoms with E-state index in [0.29, 0.717) is 0 Å². The molecule has 0 saturated carbocycles. The molecule has 0 aliphatic rings. The molecule has 2 N–H and O–H groups in total. The van der Waals surface area contributed by atoms with Crippen LogP contribution in [0.1, 0.15) is 11.1 Å². The number of hydrogen-bond acceptors (Lipinski definition) is 6. The third-order valence-electron chi connectivity index (χ3n) is 3.73. The highest BCUT2D eigenvalue weighted by Gasteiger charge is 2.28. The van der Waals surface area contributed by atoms with Gasteiger partial charge in [-0.05, 0) is 17.7 Å². The topological polar surface area (TPSA) is 88.5 Å². The summed E-state index contributed by atoms with van der Waals surface area (Å²) in [6.07, 6.45) is 0. The first-order chi connectivity index (χ1) is 13.0. The zero-order valence-corrected chi connectivity index (χ0v) is 14.9. The van der Waals surface area contributed by atoms with Gasteiger partial charge in [-0.25, -0.2) is 14.0 Å². The van der Waals surface area contributed by atoms with Crippen LogP contribution in [0.5, 0.6) is 0 Å². The van der Waals surface area contributed by atoms with Crippen molar-refractivity contribution in [2.45, 2.75) is 6.54 Å². The highest BCUT2D eigenvalue weighted by molar-refractivity contribution is 6.49. The molecule has 2 aromatic rings. The van der Waals surface area contributed by atoms with Crippen molar-refractivity contribution in [3.8, 4) is 0 Å². The van der Waals surface area contributed by atoms with Crippen LogP contribution in [0.2, 0.25) is 0 Å². The van der Waals surface area contributed by atoms with Crippen molar-refractivity contribution in [2.75, 3.05) is 14.2 Å². The molecule has 0 amide bonds. The zero-order valence-electron chi connectivity index (χ0n) is 14.9. The average Bonchev–Trinajstić information content (AvgIpc) is 2.71. The van der Waals surface area contributed by atoms with E-state index in [1.54, 1.807) is 6.07 Å². The first-order valence-electron chi connectivity index (χ1n) is 8.02. The molecular formula is C20H19FN2O4. The summed E-state index contributed by atoms with van der Waals surface area (Å²) in [5, 5.41) is 11.0. The highest BCUT2D eigenvalue weighted by Crippen LogP contribution is 2.22. The van der Waals surface area contributed by atoms with Gasteiger partial charge in [0.05, 0.1) is 19.9 Å². The number of halogens is 1. The van der Waals surface area contributed by atoms with Crippen LogP contribution in [0.3, 0.4) is 0 Å². The van der Waals surface area contributed by atoms with Gasteiger partial charge in [-0.1, -0.05) is 42.5 Å². The van der Waals surface area contributed by atoms with Gasteiger partial charge in [0.15, 0.2) is 5.71 Å². The van der Waals surface area contributed by atoms with E-state index in [0.717, 1.165) is 19.8 Å². The summed E-state index contributed by atoms with van der Waals surface area (Å²) in [7, 11) is 2.20. The van der Waals surface area contributed by atoms with E-state index < -0.39 is 29.0 Å². The van der Waals surface area contributed by atoms with Crippen LogP contribution in [0, 0.1) is 11.2 Å². The SMILES string of the molecule is COC(=O)C(=N)/C(C(=O)OC)=C(\NCc1ccccc1)c1ccccc1F. The number of esters is 2. The summed E-state index contributed by atoms with van der Waals surface area (Å²) in [4.78, 5) is 24.2. The van der Waals surface area contributed by atoms with Crippen molar-refractivity contribution in [3.05, 3.63) is 77.1 Å². The van der Waals surface area contributed by atoms with E-state index in [1.165, 1.54) is 18.2 Å². The molecule has 0 saturated heterocycles. The number of carbonyl (C=O) groups is 2. The minimum Gasteiger partial charge on any atom is -0.465 e. The maximum atomic E-state index is 14.4. The van der Waals surface area contributed by atoms with Gasteiger partial charge in [0.25, 0.3) is 0 Å². The standard InChI is InChI=1S/C20H19FN2O4/c1-26-19(24)16(17(22)20(25)27-2)18(14-10-6-7-11-15(14)21)23-12-13-8-4-3-5-9-13/h3-11,22-23H,12H2,1-2H3/b18-16+,22-17?. The fourth-order valence-corrected chi connectivity index (χ4v) is 2.40. The largest absolute Gasteiger partial charge is 0.465 e. The molecule has 0 bridgehead atoms. The number of hydrogen-bond donors (Lipinski definition) is 2. The lowest BCUT2D eigenvalue weighted by Crippen LogP contribution is -2.28. The fraction of sp³-hybridized carbons (Fsp3) is 0.150. The van der Waals surface area contributed by atoms with Crippen molar-refractivity contribution in [1.29, 1.82) is 5.41 Å². The van der Waals surface area contributed by atoms with Crippen LogP contribution in [-0.4, -0.2) is 31.9 Å². The van der Waals surface area contributed by atoms with Crippen LogP contribution >= 0.6 is 0 Å². The fourth-order valence-electron chi connectivity index (χ4n) is 2.40. The van der Waals surface area contributed by atoms with Crippen molar-refractivity contribution < 1.29 is 23.5 Å². The highest BCUT2D eigenvalue weighted by atomic mass is 19.1. The number of benzene rings is 2. The normalized spacial score (nSPS) is 11.2. The predicted octanol–water partition coefficient (Wildman–Crippen LogP) is 2.69. The molecule has 2 rings (SSSR count). The average molecular weight is 370 g/mol. The van der Waals surface area contributed by atoms with Gasteiger partial charge >= 0.3 is 11.9 Å². The second-order valence-electron chi connectivity index (χ2n) is 5.43. The third kappa shape index (κ3) is 4.78. The Balaban J connectivity index is 2.60. The molecule has 27 heavy (non-hydrogen) atoms. The van der Waals surface area contributed by atoms with Gasteiger partial charge in [-0.2, -0.15) is 0 Å². The first kappa shape index (κ1) is 19.8. The van der Waals surface area contributed by atoms with E-state index in [-0.39, 0.29) is 17.8 Å². The number of methoxy groups -OCH3 is 2. The van der Waals surface area contributed by atoms with E-state index >= 15 is 0 Å². The Kier molecular flexibility index (Phi) is 6.82. The van der Waals surface area contributed by atoms with E-state index in [4.69, 9.17) is 10.1 Å². The Labute approximate surface area is 156 Å². The molecule has 0 fully saturated rings. The molecule has 6 nitrogen and oxygen atoms in total. The minimum atomic E-state index is -1.04. The van der Waals surface area contributed by atoms with E-state index in [2.05, 4.69) is 10.1 Å². The number of rotatable bonds is 7. The van der Waals surface area contributed by atoms with Crippen LogP contribution in [0.25, 0.3) is 5.70 Å². The summed E-state index contributed by atoms with van der Waals surface area (Å²) in [6, 6.07) is 14.9. The molecule has 7 heteroatoms. The Morgan fingerprint density at radius 2 is 1.56 bits per heavy atom. The summed E-state index contributed by atoms with van der Waals surface area (Å²) >= 11 is 0. The van der Waals surface area contributed by atoms with Gasteiger partial charge in [-0.15, -0.1) is 0 Å². The van der Waals surface area contributed by atoms with Gasteiger partial charge < -0.3 is 14.8 Å². The maximum absolute atomic E-state index is 14.4. The molecule has 0 radical (unpaired) electrons. The lowest BCUT2D eigenvalue weighted by Gasteiger charge is -2.17. The molecule has 0 atom stereocenters. The van der Waals surface area contributed by atoms with Crippen molar-refractivity contribution >= 4 is 23.3 Å². The summed E-state index contributed by atoms with van der Waals surface area (Å²) in [6.45, 7) is 0.236. The number of nitrogens with one attached hydrogen (secondary N) is 2. The molecular weight excluding hydrogens is 351 g/mol. The second kappa shape index (κ2) is 9.28. The monoisotopic (exact) mass is 370 g/mol. The van der Waals surface area contributed by atoms with E-state index in [9.17, 15) is 14.0 Å². The van der Waals surface area contributed by atoms with Crippen LogP contribution in [0.15, 0.2) is 60.2 Å². The zero-order chi connectivity index (χ0) is 19.8. The molecule has 0 aliphatic carbocycles. The lowest BCUT2D eigenvalue weighted by molar-refractivity contribution is -0.137. The number of carbonyl (C=O) groups excluding carboxylic acids is 2. The molecule has 0 spiro atoms. The molecule has 0 heterocycles. The first-order valence-corrected chi connectivity index (χ1v) is 8.02. The van der Waals surface area contributed by atoms with Crippen LogP contribution < -0.4 is 5.32 Å². The Morgan fingerprint density at radius 1 is 0.963 bits per heavy atom. The minimum absolute atomic E-state index is 0.0285. The van der Waals surface area contributed by atoms with Gasteiger partial charge in [0.1, 0.15) is 11.4 Å². The summed E-state index contributed by atoms with van der Waals surface area (Å²) in [5.74, 6) is -2.61. The summed E-state index contributed by atoms with van der Waals surface area (Å²) in [5.41, 5.74) is -0.282. The Morgan fingerprint density at radius 3 is 2.15 bits per heavy atom. The summed E-state index contributed by atoms with van der Waals surface area (Å²) < 4.78 is 23.7. The molecule has 2 aromatic carbocycles. The molecule has 0 aliphatic heterocycles. The molecule has 0 aromatic heterocycles. The maximum Gasteiger partial charge on any atom is 0.356 e. The lowest BCUT2D eigenvalue weighted by atomic mass is 10.0. The molecule has 140 valence electrons. The van der Waals surface area contributed by atoms with Gasteiger partial charge in [-0.3, -0.25) is 5.41 Å². The van der Waals surface area contributed by atoms with Gasteiger partial charge in [0.2, 0.25) is 0 Å².